The molecule has 0 spiro atoms. The van der Waals surface area contributed by atoms with E-state index in [1.807, 2.05) is 54.4 Å². The lowest BCUT2D eigenvalue weighted by molar-refractivity contribution is -0.121. The Morgan fingerprint density at radius 2 is 1.78 bits per heavy atom. The summed E-state index contributed by atoms with van der Waals surface area (Å²) < 4.78 is 15.2. The van der Waals surface area contributed by atoms with E-state index in [0.717, 1.165) is 34.3 Å². The van der Waals surface area contributed by atoms with Crippen molar-refractivity contribution in [1.82, 2.24) is 14.8 Å². The molecule has 0 fully saturated rings. The van der Waals surface area contributed by atoms with Gasteiger partial charge >= 0.3 is 0 Å². The minimum absolute atomic E-state index is 0.0277. The Hall–Kier alpha value is -4.13. The van der Waals surface area contributed by atoms with E-state index >= 15 is 0 Å². The number of fused-ring (bicyclic) bond motifs is 6. The second kappa shape index (κ2) is 8.82. The SMILES string of the molecule is CN1c2ccccc2C(=O)N2CCc3c(n(CC(=O)NCCc4ccc(F)cc4)c4ccccc34)C21. The molecular formula is C29H27FN4O2. The molecule has 2 aliphatic rings. The summed E-state index contributed by atoms with van der Waals surface area (Å²) in [6, 6.07) is 22.2. The van der Waals surface area contributed by atoms with Crippen LogP contribution < -0.4 is 10.2 Å². The van der Waals surface area contributed by atoms with E-state index in [9.17, 15) is 14.0 Å². The summed E-state index contributed by atoms with van der Waals surface area (Å²) in [5, 5.41) is 4.15. The van der Waals surface area contributed by atoms with Crippen LogP contribution in [0.4, 0.5) is 10.1 Å². The molecule has 0 saturated heterocycles. The van der Waals surface area contributed by atoms with Crippen molar-refractivity contribution in [2.24, 2.45) is 0 Å². The summed E-state index contributed by atoms with van der Waals surface area (Å²) >= 11 is 0. The van der Waals surface area contributed by atoms with E-state index in [0.29, 0.717) is 25.1 Å². The molecule has 1 atom stereocenters. The summed E-state index contributed by atoms with van der Waals surface area (Å²) in [4.78, 5) is 30.6. The van der Waals surface area contributed by atoms with Crippen molar-refractivity contribution < 1.29 is 14.0 Å². The van der Waals surface area contributed by atoms with Gasteiger partial charge in [-0.3, -0.25) is 9.59 Å². The number of amides is 2. The summed E-state index contributed by atoms with van der Waals surface area (Å²) in [6.07, 6.45) is 1.09. The van der Waals surface area contributed by atoms with Gasteiger partial charge in [0.05, 0.1) is 16.9 Å². The van der Waals surface area contributed by atoms with Crippen molar-refractivity contribution in [3.63, 3.8) is 0 Å². The van der Waals surface area contributed by atoms with Gasteiger partial charge in [-0.1, -0.05) is 42.5 Å². The summed E-state index contributed by atoms with van der Waals surface area (Å²) in [6.45, 7) is 1.26. The normalized spacial score (nSPS) is 16.5. The maximum Gasteiger partial charge on any atom is 0.257 e. The number of carbonyl (C=O) groups is 2. The van der Waals surface area contributed by atoms with Crippen LogP contribution in [-0.4, -0.2) is 41.4 Å². The van der Waals surface area contributed by atoms with E-state index in [-0.39, 0.29) is 30.3 Å². The highest BCUT2D eigenvalue weighted by Crippen LogP contribution is 2.44. The monoisotopic (exact) mass is 482 g/mol. The molecule has 1 unspecified atom stereocenters. The summed E-state index contributed by atoms with van der Waals surface area (Å²) in [5.41, 5.74) is 5.78. The molecule has 4 aromatic rings. The highest BCUT2D eigenvalue weighted by molar-refractivity contribution is 6.02. The molecule has 6 nitrogen and oxygen atoms in total. The van der Waals surface area contributed by atoms with Gasteiger partial charge in [-0.2, -0.15) is 0 Å². The molecule has 0 radical (unpaired) electrons. The van der Waals surface area contributed by atoms with Gasteiger partial charge in [0.1, 0.15) is 18.5 Å². The lowest BCUT2D eigenvalue weighted by Gasteiger charge is -2.46. The van der Waals surface area contributed by atoms with Crippen molar-refractivity contribution in [2.45, 2.75) is 25.6 Å². The molecule has 6 rings (SSSR count). The number of aromatic nitrogens is 1. The molecule has 36 heavy (non-hydrogen) atoms. The van der Waals surface area contributed by atoms with Crippen molar-refractivity contribution in [3.05, 3.63) is 101 Å². The first-order valence-corrected chi connectivity index (χ1v) is 12.3. The quantitative estimate of drug-likeness (QED) is 0.462. The van der Waals surface area contributed by atoms with Crippen molar-refractivity contribution in [3.8, 4) is 0 Å². The second-order valence-electron chi connectivity index (χ2n) is 9.44. The zero-order chi connectivity index (χ0) is 24.8. The van der Waals surface area contributed by atoms with Gasteiger partial charge in [0.25, 0.3) is 5.91 Å². The number of hydrogen-bond acceptors (Lipinski definition) is 3. The van der Waals surface area contributed by atoms with Crippen molar-refractivity contribution >= 4 is 28.4 Å². The number of halogens is 1. The molecule has 1 aromatic heterocycles. The van der Waals surface area contributed by atoms with Crippen LogP contribution in [-0.2, 0) is 24.2 Å². The molecule has 0 saturated carbocycles. The van der Waals surface area contributed by atoms with Gasteiger partial charge in [0.2, 0.25) is 5.91 Å². The van der Waals surface area contributed by atoms with E-state index in [4.69, 9.17) is 0 Å². The third-order valence-corrected chi connectivity index (χ3v) is 7.36. The highest BCUT2D eigenvalue weighted by Gasteiger charge is 2.42. The fourth-order valence-electron chi connectivity index (χ4n) is 5.68. The minimum atomic E-state index is -0.282. The number of hydrogen-bond donors (Lipinski definition) is 1. The van der Waals surface area contributed by atoms with Gasteiger partial charge in [-0.25, -0.2) is 4.39 Å². The third kappa shape index (κ3) is 3.63. The third-order valence-electron chi connectivity index (χ3n) is 7.36. The Morgan fingerprint density at radius 3 is 2.61 bits per heavy atom. The minimum Gasteiger partial charge on any atom is -0.354 e. The van der Waals surface area contributed by atoms with E-state index in [1.54, 1.807) is 12.1 Å². The lowest BCUT2D eigenvalue weighted by atomic mass is 9.96. The fourth-order valence-corrected chi connectivity index (χ4v) is 5.68. The molecule has 0 bridgehead atoms. The van der Waals surface area contributed by atoms with Gasteiger partial charge in [0, 0.05) is 31.0 Å². The smallest absolute Gasteiger partial charge is 0.257 e. The highest BCUT2D eigenvalue weighted by atomic mass is 19.1. The largest absolute Gasteiger partial charge is 0.354 e. The average molecular weight is 483 g/mol. The molecule has 0 aliphatic carbocycles. The van der Waals surface area contributed by atoms with Crippen LogP contribution in [0, 0.1) is 5.82 Å². The molecular weight excluding hydrogens is 455 g/mol. The topological polar surface area (TPSA) is 57.6 Å². The Morgan fingerprint density at radius 1 is 1.03 bits per heavy atom. The number of nitrogens with one attached hydrogen (secondary N) is 1. The second-order valence-corrected chi connectivity index (χ2v) is 9.44. The number of carbonyl (C=O) groups excluding carboxylic acids is 2. The number of rotatable bonds is 5. The number of para-hydroxylation sites is 2. The van der Waals surface area contributed by atoms with Gasteiger partial charge in [-0.05, 0) is 54.3 Å². The first-order chi connectivity index (χ1) is 17.5. The van der Waals surface area contributed by atoms with Crippen LogP contribution in [0.5, 0.6) is 0 Å². The zero-order valence-electron chi connectivity index (χ0n) is 20.1. The van der Waals surface area contributed by atoms with Crippen LogP contribution in [0.1, 0.15) is 33.3 Å². The Balaban J connectivity index is 1.33. The molecule has 1 N–H and O–H groups in total. The first kappa shape index (κ1) is 22.3. The molecule has 2 amide bonds. The maximum atomic E-state index is 13.4. The fraction of sp³-hybridized carbons (Fsp3) is 0.241. The Bertz CT molecular complexity index is 1480. The van der Waals surface area contributed by atoms with Crippen molar-refractivity contribution in [2.75, 3.05) is 25.0 Å². The Kier molecular flexibility index (Phi) is 5.48. The molecule has 2 aliphatic heterocycles. The van der Waals surface area contributed by atoms with Gasteiger partial charge in [-0.15, -0.1) is 0 Å². The zero-order valence-corrected chi connectivity index (χ0v) is 20.1. The maximum absolute atomic E-state index is 13.4. The Labute approximate surface area is 208 Å². The molecule has 182 valence electrons. The van der Waals surface area contributed by atoms with Crippen LogP contribution in [0.15, 0.2) is 72.8 Å². The molecule has 7 heteroatoms. The molecule has 3 aromatic carbocycles. The standard InChI is InChI=1S/C29H27FN4O2/c1-32-24-8-4-3-7-23(24)29(36)33-17-15-22-21-6-2-5-9-25(21)34(27(22)28(32)33)18-26(35)31-16-14-19-10-12-20(30)13-11-19/h2-13,28H,14-18H2,1H3,(H,31,35). The molecule has 3 heterocycles. The summed E-state index contributed by atoms with van der Waals surface area (Å²) in [7, 11) is 2.02. The predicted octanol–water partition coefficient (Wildman–Crippen LogP) is 4.29. The van der Waals surface area contributed by atoms with Crippen LogP contribution in [0.3, 0.4) is 0 Å². The number of nitrogens with zero attached hydrogens (tertiary/aromatic N) is 3. The van der Waals surface area contributed by atoms with Crippen LogP contribution in [0.25, 0.3) is 10.9 Å². The van der Waals surface area contributed by atoms with Gasteiger partial charge in [0.15, 0.2) is 0 Å². The predicted molar refractivity (Wildman–Crippen MR) is 137 cm³/mol. The van der Waals surface area contributed by atoms with Gasteiger partial charge < -0.3 is 19.7 Å². The number of anilines is 1. The van der Waals surface area contributed by atoms with E-state index < -0.39 is 0 Å². The number of benzene rings is 3. The van der Waals surface area contributed by atoms with E-state index in [2.05, 4.69) is 20.9 Å². The average Bonchev–Trinajstić information content (AvgIpc) is 3.21. The van der Waals surface area contributed by atoms with Crippen LogP contribution >= 0.6 is 0 Å². The lowest BCUT2D eigenvalue weighted by Crippen LogP contribution is -2.51. The van der Waals surface area contributed by atoms with Crippen LogP contribution in [0.2, 0.25) is 0 Å². The summed E-state index contributed by atoms with van der Waals surface area (Å²) in [5.74, 6) is -0.335. The van der Waals surface area contributed by atoms with Crippen molar-refractivity contribution in [1.29, 1.82) is 0 Å². The van der Waals surface area contributed by atoms with E-state index in [1.165, 1.54) is 17.7 Å². The first-order valence-electron chi connectivity index (χ1n) is 12.3.